The lowest BCUT2D eigenvalue weighted by atomic mass is 9.84. The van der Waals surface area contributed by atoms with Gasteiger partial charge in [-0.2, -0.15) is 5.10 Å². The molecule has 108 valence electrons. The lowest BCUT2D eigenvalue weighted by Crippen LogP contribution is -2.50. The second-order valence-electron chi connectivity index (χ2n) is 5.22. The van der Waals surface area contributed by atoms with E-state index in [0.717, 1.165) is 16.4 Å². The molecule has 0 spiro atoms. The van der Waals surface area contributed by atoms with E-state index in [0.29, 0.717) is 25.2 Å². The van der Waals surface area contributed by atoms with Gasteiger partial charge in [0.15, 0.2) is 15.7 Å². The molecule has 0 atom stereocenters. The lowest BCUT2D eigenvalue weighted by molar-refractivity contribution is 0.353. The van der Waals surface area contributed by atoms with Crippen molar-refractivity contribution in [3.8, 4) is 0 Å². The van der Waals surface area contributed by atoms with E-state index in [9.17, 15) is 8.42 Å². The van der Waals surface area contributed by atoms with Gasteiger partial charge in [0.1, 0.15) is 5.52 Å². The van der Waals surface area contributed by atoms with Gasteiger partial charge in [0.2, 0.25) is 0 Å². The molecule has 20 heavy (non-hydrogen) atoms. The Balaban J connectivity index is 1.89. The van der Waals surface area contributed by atoms with E-state index < -0.39 is 14.6 Å². The summed E-state index contributed by atoms with van der Waals surface area (Å²) in [4.78, 5) is 4.29. The first kappa shape index (κ1) is 13.8. The Morgan fingerprint density at radius 2 is 2.25 bits per heavy atom. The van der Waals surface area contributed by atoms with Crippen LogP contribution in [0.5, 0.6) is 0 Å². The summed E-state index contributed by atoms with van der Waals surface area (Å²) in [5, 5.41) is 7.36. The Morgan fingerprint density at radius 1 is 1.50 bits per heavy atom. The number of nitrogens with zero attached hydrogens (tertiary/aromatic N) is 3. The summed E-state index contributed by atoms with van der Waals surface area (Å²) in [6.07, 6.45) is 8.78. The number of rotatable bonds is 4. The summed E-state index contributed by atoms with van der Waals surface area (Å²) < 4.78 is 25.8. The molecule has 1 fully saturated rings. The molecular weight excluding hydrogens is 344 g/mol. The third kappa shape index (κ3) is 2.10. The van der Waals surface area contributed by atoms with Gasteiger partial charge in [0, 0.05) is 25.2 Å². The minimum atomic E-state index is -3.07. The van der Waals surface area contributed by atoms with Crippen molar-refractivity contribution in [3.05, 3.63) is 23.1 Å². The highest BCUT2D eigenvalue weighted by Crippen LogP contribution is 2.39. The molecule has 2 aromatic rings. The first-order valence-corrected chi connectivity index (χ1v) is 9.03. The second kappa shape index (κ2) is 4.70. The SMILES string of the molecule is CS(=O)(=O)C1(CNc2nccn3ncc(Br)c23)CCC1. The van der Waals surface area contributed by atoms with Crippen LogP contribution in [-0.4, -0.2) is 40.6 Å². The first-order valence-electron chi connectivity index (χ1n) is 6.34. The molecule has 8 heteroatoms. The van der Waals surface area contributed by atoms with Gasteiger partial charge in [0.25, 0.3) is 0 Å². The van der Waals surface area contributed by atoms with E-state index >= 15 is 0 Å². The molecule has 6 nitrogen and oxygen atoms in total. The van der Waals surface area contributed by atoms with E-state index in [1.807, 2.05) is 0 Å². The maximum atomic E-state index is 12.0. The van der Waals surface area contributed by atoms with Gasteiger partial charge in [0.05, 0.1) is 15.4 Å². The van der Waals surface area contributed by atoms with Crippen molar-refractivity contribution in [3.63, 3.8) is 0 Å². The molecule has 1 saturated carbocycles. The quantitative estimate of drug-likeness (QED) is 0.902. The number of nitrogens with one attached hydrogen (secondary N) is 1. The number of hydrogen-bond donors (Lipinski definition) is 1. The van der Waals surface area contributed by atoms with Crippen LogP contribution in [0.4, 0.5) is 5.82 Å². The maximum Gasteiger partial charge on any atom is 0.154 e. The van der Waals surface area contributed by atoms with Gasteiger partial charge in [-0.15, -0.1) is 0 Å². The van der Waals surface area contributed by atoms with Crippen molar-refractivity contribution in [2.24, 2.45) is 0 Å². The fourth-order valence-corrected chi connectivity index (χ4v) is 4.36. The molecule has 0 aliphatic heterocycles. The van der Waals surface area contributed by atoms with Crippen LogP contribution >= 0.6 is 15.9 Å². The first-order chi connectivity index (χ1) is 9.43. The average Bonchev–Trinajstić information content (AvgIpc) is 2.69. The molecule has 1 N–H and O–H groups in total. The Labute approximate surface area is 125 Å². The molecule has 2 heterocycles. The fourth-order valence-electron chi connectivity index (χ4n) is 2.53. The minimum absolute atomic E-state index is 0.385. The van der Waals surface area contributed by atoms with Gasteiger partial charge in [-0.25, -0.2) is 17.9 Å². The van der Waals surface area contributed by atoms with Crippen molar-refractivity contribution in [1.29, 1.82) is 0 Å². The molecule has 3 rings (SSSR count). The van der Waals surface area contributed by atoms with Crippen LogP contribution in [0.3, 0.4) is 0 Å². The Bertz CT molecular complexity index is 752. The highest BCUT2D eigenvalue weighted by molar-refractivity contribution is 9.10. The molecule has 1 aliphatic carbocycles. The van der Waals surface area contributed by atoms with E-state index in [2.05, 4.69) is 31.3 Å². The standard InChI is InChI=1S/C12H15BrN4O2S/c1-20(18,19)12(3-2-4-12)8-15-11-10-9(13)7-16-17(10)6-5-14-11/h5-7H,2-4,8H2,1H3,(H,14,15). The Kier molecular flexibility index (Phi) is 3.24. The van der Waals surface area contributed by atoms with Crippen LogP contribution in [0.25, 0.3) is 5.52 Å². The summed E-state index contributed by atoms with van der Waals surface area (Å²) in [6.45, 7) is 0.385. The van der Waals surface area contributed by atoms with Crippen molar-refractivity contribution in [1.82, 2.24) is 14.6 Å². The van der Waals surface area contributed by atoms with E-state index in [1.165, 1.54) is 6.26 Å². The largest absolute Gasteiger partial charge is 0.367 e. The zero-order chi connectivity index (χ0) is 14.4. The van der Waals surface area contributed by atoms with Crippen molar-refractivity contribution in [2.45, 2.75) is 24.0 Å². The van der Waals surface area contributed by atoms with E-state index in [1.54, 1.807) is 23.1 Å². The maximum absolute atomic E-state index is 12.0. The summed E-state index contributed by atoms with van der Waals surface area (Å²) in [6, 6.07) is 0. The molecule has 0 unspecified atom stereocenters. The molecule has 0 bridgehead atoms. The number of aromatic nitrogens is 3. The van der Waals surface area contributed by atoms with E-state index in [4.69, 9.17) is 0 Å². The molecule has 0 radical (unpaired) electrons. The van der Waals surface area contributed by atoms with Crippen molar-refractivity contribution < 1.29 is 8.42 Å². The van der Waals surface area contributed by atoms with Crippen LogP contribution in [0.15, 0.2) is 23.1 Å². The van der Waals surface area contributed by atoms with Crippen molar-refractivity contribution >= 4 is 37.1 Å². The van der Waals surface area contributed by atoms with Crippen LogP contribution in [0, 0.1) is 0 Å². The summed E-state index contributed by atoms with van der Waals surface area (Å²) in [5.74, 6) is 0.645. The number of halogens is 1. The van der Waals surface area contributed by atoms with Crippen LogP contribution < -0.4 is 5.32 Å². The number of hydrogen-bond acceptors (Lipinski definition) is 5. The predicted octanol–water partition coefficient (Wildman–Crippen LogP) is 1.87. The van der Waals surface area contributed by atoms with Gasteiger partial charge < -0.3 is 5.32 Å². The molecule has 0 saturated heterocycles. The third-order valence-electron chi connectivity index (χ3n) is 4.02. The molecule has 2 aromatic heterocycles. The van der Waals surface area contributed by atoms with Gasteiger partial charge in [-0.05, 0) is 28.8 Å². The number of fused-ring (bicyclic) bond motifs is 1. The highest BCUT2D eigenvalue weighted by atomic mass is 79.9. The number of anilines is 1. The zero-order valence-electron chi connectivity index (χ0n) is 11.0. The summed E-state index contributed by atoms with van der Waals surface area (Å²) in [7, 11) is -3.07. The predicted molar refractivity (Wildman–Crippen MR) is 80.6 cm³/mol. The van der Waals surface area contributed by atoms with Crippen LogP contribution in [0.1, 0.15) is 19.3 Å². The van der Waals surface area contributed by atoms with E-state index in [-0.39, 0.29) is 0 Å². The van der Waals surface area contributed by atoms with Crippen LogP contribution in [0.2, 0.25) is 0 Å². The topological polar surface area (TPSA) is 76.4 Å². The van der Waals surface area contributed by atoms with Gasteiger partial charge in [-0.1, -0.05) is 6.42 Å². The second-order valence-corrected chi connectivity index (χ2v) is 8.49. The van der Waals surface area contributed by atoms with Crippen LogP contribution in [-0.2, 0) is 9.84 Å². The average molecular weight is 359 g/mol. The normalized spacial score (nSPS) is 17.9. The number of sulfone groups is 1. The molecule has 1 aliphatic rings. The smallest absolute Gasteiger partial charge is 0.154 e. The third-order valence-corrected chi connectivity index (χ3v) is 6.72. The van der Waals surface area contributed by atoms with Crippen molar-refractivity contribution in [2.75, 3.05) is 18.1 Å². The molecule has 0 amide bonds. The highest BCUT2D eigenvalue weighted by Gasteiger charge is 2.46. The lowest BCUT2D eigenvalue weighted by Gasteiger charge is -2.40. The Hall–Kier alpha value is -1.15. The monoisotopic (exact) mass is 358 g/mol. The molecular formula is C12H15BrN4O2S. The van der Waals surface area contributed by atoms with Gasteiger partial charge in [-0.3, -0.25) is 0 Å². The van der Waals surface area contributed by atoms with Gasteiger partial charge >= 0.3 is 0 Å². The summed E-state index contributed by atoms with van der Waals surface area (Å²) in [5.41, 5.74) is 0.815. The zero-order valence-corrected chi connectivity index (χ0v) is 13.4. The Morgan fingerprint density at radius 3 is 2.85 bits per heavy atom. The fraction of sp³-hybridized carbons (Fsp3) is 0.500. The molecule has 0 aromatic carbocycles. The minimum Gasteiger partial charge on any atom is -0.367 e. The summed E-state index contributed by atoms with van der Waals surface area (Å²) >= 11 is 3.43.